The summed E-state index contributed by atoms with van der Waals surface area (Å²) in [5.74, 6) is 0. The van der Waals surface area contributed by atoms with Crippen LogP contribution in [0.25, 0.3) is 22.2 Å². The van der Waals surface area contributed by atoms with Gasteiger partial charge in [-0.1, -0.05) is 23.8 Å². The fourth-order valence-corrected chi connectivity index (χ4v) is 5.17. The molecule has 0 saturated carbocycles. The lowest BCUT2D eigenvalue weighted by atomic mass is 10.0. The third kappa shape index (κ3) is 3.06. The predicted octanol–water partition coefficient (Wildman–Crippen LogP) is 0.840. The third-order valence-electron chi connectivity index (χ3n) is 7.11. The number of hydrogen-bond donors (Lipinski definition) is 0. The van der Waals surface area contributed by atoms with Crippen LogP contribution in [0.3, 0.4) is 0 Å². The highest BCUT2D eigenvalue weighted by molar-refractivity contribution is 5.96. The fourth-order valence-electron chi connectivity index (χ4n) is 5.17. The smallest absolute Gasteiger partial charge is 0.331 e. The first-order chi connectivity index (χ1) is 16.6. The summed E-state index contributed by atoms with van der Waals surface area (Å²) in [6.45, 7) is 4.40. The first kappa shape index (κ1) is 22.9. The van der Waals surface area contributed by atoms with Gasteiger partial charge < -0.3 is 13.9 Å². The molecule has 1 aliphatic rings. The lowest BCUT2D eigenvalue weighted by Gasteiger charge is -2.28. The van der Waals surface area contributed by atoms with Gasteiger partial charge in [-0.2, -0.15) is 0 Å². The third-order valence-corrected chi connectivity index (χ3v) is 7.11. The zero-order valence-corrected chi connectivity index (χ0v) is 20.6. The average Bonchev–Trinajstić information content (AvgIpc) is 3.20. The summed E-state index contributed by atoms with van der Waals surface area (Å²) < 4.78 is 13.1. The van der Waals surface area contributed by atoms with Crippen molar-refractivity contribution in [3.63, 3.8) is 0 Å². The van der Waals surface area contributed by atoms with Crippen molar-refractivity contribution in [3.05, 3.63) is 88.5 Å². The molecule has 4 heterocycles. The molecule has 0 fully saturated rings. The van der Waals surface area contributed by atoms with Crippen molar-refractivity contribution in [1.29, 1.82) is 0 Å². The summed E-state index contributed by atoms with van der Waals surface area (Å²) in [5.41, 5.74) is 2.51. The first-order valence-electron chi connectivity index (χ1n) is 11.3. The van der Waals surface area contributed by atoms with Crippen LogP contribution in [0.5, 0.6) is 0 Å². The van der Waals surface area contributed by atoms with Crippen molar-refractivity contribution >= 4 is 10.9 Å². The Hall–Kier alpha value is -3.92. The van der Waals surface area contributed by atoms with Crippen LogP contribution in [0, 0.1) is 13.8 Å². The van der Waals surface area contributed by atoms with Gasteiger partial charge >= 0.3 is 11.4 Å². The summed E-state index contributed by atoms with van der Waals surface area (Å²) >= 11 is 0. The maximum absolute atomic E-state index is 13.5. The van der Waals surface area contributed by atoms with E-state index in [1.54, 1.807) is 21.0 Å². The molecule has 0 bridgehead atoms. The first-order valence-corrected chi connectivity index (χ1v) is 11.3. The summed E-state index contributed by atoms with van der Waals surface area (Å²) in [7, 11) is 6.10. The van der Waals surface area contributed by atoms with Gasteiger partial charge in [-0.05, 0) is 25.5 Å². The number of rotatable bonds is 2. The van der Waals surface area contributed by atoms with Crippen molar-refractivity contribution in [3.8, 4) is 11.3 Å². The molecule has 4 aromatic rings. The molecular weight excluding hydrogens is 450 g/mol. The molecule has 5 rings (SSSR count). The maximum atomic E-state index is 13.5. The van der Waals surface area contributed by atoms with Gasteiger partial charge in [-0.15, -0.1) is 0 Å². The van der Waals surface area contributed by atoms with Crippen molar-refractivity contribution in [2.75, 3.05) is 6.61 Å². The van der Waals surface area contributed by atoms with E-state index in [1.165, 1.54) is 23.2 Å². The zero-order chi connectivity index (χ0) is 25.3. The van der Waals surface area contributed by atoms with E-state index in [2.05, 4.69) is 0 Å². The van der Waals surface area contributed by atoms with Crippen LogP contribution in [0.15, 0.2) is 43.4 Å². The van der Waals surface area contributed by atoms with E-state index >= 15 is 0 Å². The lowest BCUT2D eigenvalue weighted by molar-refractivity contribution is 0.0458. The van der Waals surface area contributed by atoms with Gasteiger partial charge in [0.2, 0.25) is 0 Å². The Morgan fingerprint density at radius 1 is 0.857 bits per heavy atom. The van der Waals surface area contributed by atoms with Crippen LogP contribution in [-0.2, 0) is 39.5 Å². The second-order valence-electron chi connectivity index (χ2n) is 9.14. The molecule has 0 amide bonds. The minimum absolute atomic E-state index is 0.289. The summed E-state index contributed by atoms with van der Waals surface area (Å²) in [6.07, 6.45) is -0.868. The van der Waals surface area contributed by atoms with Crippen LogP contribution in [0.4, 0.5) is 0 Å². The molecule has 10 nitrogen and oxygen atoms in total. The number of aryl methyl sites for hydroxylation is 2. The summed E-state index contributed by atoms with van der Waals surface area (Å²) in [6, 6.07) is 7.82. The summed E-state index contributed by atoms with van der Waals surface area (Å²) in [4.78, 5) is 52.3. The number of ether oxygens (including phenoxy) is 1. The molecule has 1 aliphatic heterocycles. The quantitative estimate of drug-likeness (QED) is 0.426. The standard InChI is InChI=1S/C25H27N5O5/c1-13-8-7-9-15(12-13)18-17-19(27(4)25(34)29(6)23(17)32)20-21(35-11-10-30(18)20)16-14(2)26(3)24(33)28(5)22(16)31/h7-9,12,21H,10-11H2,1-6H3/t21-/m0/s1. The van der Waals surface area contributed by atoms with E-state index in [9.17, 15) is 19.2 Å². The van der Waals surface area contributed by atoms with E-state index in [-0.39, 0.29) is 6.61 Å². The highest BCUT2D eigenvalue weighted by Crippen LogP contribution is 2.40. The zero-order valence-electron chi connectivity index (χ0n) is 20.6. The van der Waals surface area contributed by atoms with Crippen LogP contribution in [0.1, 0.15) is 28.6 Å². The Morgan fingerprint density at radius 3 is 2.20 bits per heavy atom. The highest BCUT2D eigenvalue weighted by atomic mass is 16.5. The van der Waals surface area contributed by atoms with E-state index in [1.807, 2.05) is 35.8 Å². The Bertz CT molecular complexity index is 1780. The molecule has 0 N–H and O–H groups in total. The molecule has 0 aliphatic carbocycles. The Kier molecular flexibility index (Phi) is 5.10. The molecule has 1 atom stereocenters. The molecule has 35 heavy (non-hydrogen) atoms. The lowest BCUT2D eigenvalue weighted by Crippen LogP contribution is -2.42. The monoisotopic (exact) mass is 477 g/mol. The molecule has 0 unspecified atom stereocenters. The second-order valence-corrected chi connectivity index (χ2v) is 9.14. The Morgan fingerprint density at radius 2 is 1.51 bits per heavy atom. The van der Waals surface area contributed by atoms with Gasteiger partial charge in [0.1, 0.15) is 6.10 Å². The van der Waals surface area contributed by atoms with Crippen molar-refractivity contribution in [2.24, 2.45) is 28.2 Å². The predicted molar refractivity (Wildman–Crippen MR) is 132 cm³/mol. The van der Waals surface area contributed by atoms with Gasteiger partial charge in [0.05, 0.1) is 34.5 Å². The van der Waals surface area contributed by atoms with Crippen LogP contribution >= 0.6 is 0 Å². The molecule has 1 aromatic carbocycles. The van der Waals surface area contributed by atoms with Gasteiger partial charge in [0.15, 0.2) is 0 Å². The van der Waals surface area contributed by atoms with Crippen LogP contribution in [-0.4, -0.2) is 29.4 Å². The highest BCUT2D eigenvalue weighted by Gasteiger charge is 2.36. The number of benzene rings is 1. The van der Waals surface area contributed by atoms with Gasteiger partial charge in [0.25, 0.3) is 11.1 Å². The molecule has 0 radical (unpaired) electrons. The minimum atomic E-state index is -0.868. The molecule has 3 aromatic heterocycles. The van der Waals surface area contributed by atoms with E-state index in [0.29, 0.717) is 40.1 Å². The largest absolute Gasteiger partial charge is 0.365 e. The fraction of sp³-hybridized carbons (Fsp3) is 0.360. The molecule has 0 saturated heterocycles. The molecular formula is C25H27N5O5. The molecule has 10 heteroatoms. The average molecular weight is 478 g/mol. The van der Waals surface area contributed by atoms with E-state index in [0.717, 1.165) is 20.3 Å². The van der Waals surface area contributed by atoms with E-state index < -0.39 is 28.6 Å². The van der Waals surface area contributed by atoms with Crippen LogP contribution in [0.2, 0.25) is 0 Å². The SMILES string of the molecule is Cc1cccc(-c2c3c(=O)n(C)c(=O)n(C)c3c3n2CCO[C@H]3c2c(C)n(C)c(=O)n(C)c2=O)c1. The van der Waals surface area contributed by atoms with Gasteiger partial charge in [-0.25, -0.2) is 9.59 Å². The maximum Gasteiger partial charge on any atom is 0.331 e. The van der Waals surface area contributed by atoms with Crippen molar-refractivity contribution in [1.82, 2.24) is 22.8 Å². The number of aromatic nitrogens is 5. The van der Waals surface area contributed by atoms with Crippen molar-refractivity contribution in [2.45, 2.75) is 26.5 Å². The topological polar surface area (TPSA) is 102 Å². The number of fused-ring (bicyclic) bond motifs is 3. The number of hydrogen-bond acceptors (Lipinski definition) is 5. The second kappa shape index (κ2) is 7.81. The molecule has 0 spiro atoms. The Labute approximate surface area is 199 Å². The van der Waals surface area contributed by atoms with Crippen LogP contribution < -0.4 is 22.5 Å². The molecule has 182 valence electrons. The van der Waals surface area contributed by atoms with Gasteiger partial charge in [0, 0.05) is 40.4 Å². The minimum Gasteiger partial charge on any atom is -0.365 e. The Balaban J connectivity index is 2.00. The van der Waals surface area contributed by atoms with E-state index in [4.69, 9.17) is 4.74 Å². The van der Waals surface area contributed by atoms with Gasteiger partial charge in [-0.3, -0.25) is 23.3 Å². The number of nitrogens with zero attached hydrogens (tertiary/aromatic N) is 5. The summed E-state index contributed by atoms with van der Waals surface area (Å²) in [5, 5.41) is 0.394. The normalized spacial score (nSPS) is 15.5. The van der Waals surface area contributed by atoms with Crippen molar-refractivity contribution < 1.29 is 4.74 Å².